The van der Waals surface area contributed by atoms with E-state index in [4.69, 9.17) is 18.9 Å². The first-order chi connectivity index (χ1) is 20.9. The van der Waals surface area contributed by atoms with Crippen LogP contribution in [-0.4, -0.2) is 106 Å². The number of carbonyl (C=O) groups is 2. The summed E-state index contributed by atoms with van der Waals surface area (Å²) in [6.07, 6.45) is 3.40. The number of aldehydes is 1. The zero-order valence-corrected chi connectivity index (χ0v) is 25.2. The molecule has 2 saturated heterocycles. The van der Waals surface area contributed by atoms with Gasteiger partial charge in [0.1, 0.15) is 5.75 Å². The van der Waals surface area contributed by atoms with E-state index >= 15 is 0 Å². The average molecular weight is 592 g/mol. The van der Waals surface area contributed by atoms with Crippen molar-refractivity contribution >= 4 is 34.6 Å². The predicted molar refractivity (Wildman–Crippen MR) is 166 cm³/mol. The van der Waals surface area contributed by atoms with Crippen molar-refractivity contribution in [2.24, 2.45) is 0 Å². The molecule has 1 aromatic heterocycles. The van der Waals surface area contributed by atoms with Crippen LogP contribution in [0.15, 0.2) is 42.6 Å². The van der Waals surface area contributed by atoms with Gasteiger partial charge in [-0.3, -0.25) is 14.7 Å². The van der Waals surface area contributed by atoms with Gasteiger partial charge in [0, 0.05) is 69.2 Å². The number of rotatable bonds is 11. The number of morpholine rings is 1. The van der Waals surface area contributed by atoms with Crippen molar-refractivity contribution in [3.8, 4) is 17.2 Å². The zero-order chi connectivity index (χ0) is 30.2. The van der Waals surface area contributed by atoms with E-state index in [9.17, 15) is 9.59 Å². The SMILES string of the molecule is COc1cc2c(N3CCN(C(=O)Nc4ccc(OC(C)C)cc4)CC3)c(C=O)cnc2cc1OCCCN1CCOCC1. The van der Waals surface area contributed by atoms with Crippen molar-refractivity contribution in [3.63, 3.8) is 0 Å². The number of carbonyl (C=O) groups excluding carboxylic acids is 2. The molecular formula is C32H41N5O6. The fourth-order valence-electron chi connectivity index (χ4n) is 5.43. The number of amides is 2. The van der Waals surface area contributed by atoms with Gasteiger partial charge in [-0.2, -0.15) is 0 Å². The minimum atomic E-state index is -0.163. The van der Waals surface area contributed by atoms with Gasteiger partial charge >= 0.3 is 6.03 Å². The number of ether oxygens (including phenoxy) is 4. The number of pyridine rings is 1. The van der Waals surface area contributed by atoms with Gasteiger partial charge in [-0.25, -0.2) is 4.79 Å². The van der Waals surface area contributed by atoms with Gasteiger partial charge in [0.2, 0.25) is 0 Å². The summed E-state index contributed by atoms with van der Waals surface area (Å²) in [6, 6.07) is 11.0. The van der Waals surface area contributed by atoms with Gasteiger partial charge in [-0.1, -0.05) is 0 Å². The molecule has 230 valence electrons. The molecule has 43 heavy (non-hydrogen) atoms. The second-order valence-electron chi connectivity index (χ2n) is 11.0. The molecule has 2 aromatic carbocycles. The van der Waals surface area contributed by atoms with E-state index in [-0.39, 0.29) is 12.1 Å². The number of hydrogen-bond donors (Lipinski definition) is 1. The fraction of sp³-hybridized carbons (Fsp3) is 0.469. The summed E-state index contributed by atoms with van der Waals surface area (Å²) in [5, 5.41) is 3.78. The largest absolute Gasteiger partial charge is 0.493 e. The van der Waals surface area contributed by atoms with E-state index < -0.39 is 0 Å². The molecule has 11 heteroatoms. The van der Waals surface area contributed by atoms with Crippen LogP contribution in [0.1, 0.15) is 30.6 Å². The Morgan fingerprint density at radius 3 is 2.47 bits per heavy atom. The van der Waals surface area contributed by atoms with Gasteiger partial charge in [0.25, 0.3) is 0 Å². The summed E-state index contributed by atoms with van der Waals surface area (Å²) in [5.74, 6) is 1.98. The van der Waals surface area contributed by atoms with Crippen molar-refractivity contribution in [3.05, 3.63) is 48.2 Å². The maximum absolute atomic E-state index is 13.0. The predicted octanol–water partition coefficient (Wildman–Crippen LogP) is 4.30. The number of methoxy groups -OCH3 is 1. The molecule has 2 aliphatic heterocycles. The molecule has 2 fully saturated rings. The highest BCUT2D eigenvalue weighted by molar-refractivity contribution is 6.02. The second-order valence-corrected chi connectivity index (χ2v) is 11.0. The highest BCUT2D eigenvalue weighted by atomic mass is 16.5. The standard InChI is InChI=1S/C32H41N5O6/c1-23(2)43-26-7-5-25(6-8-26)34-32(39)37-12-10-36(11-13-37)31-24(22-38)21-33-28-20-30(29(40-3)19-27(28)31)42-16-4-9-35-14-17-41-18-15-35/h5-8,19-23H,4,9-18H2,1-3H3,(H,34,39). The maximum Gasteiger partial charge on any atom is 0.321 e. The van der Waals surface area contributed by atoms with E-state index in [1.807, 2.05) is 50.2 Å². The smallest absolute Gasteiger partial charge is 0.321 e. The van der Waals surface area contributed by atoms with Crippen molar-refractivity contribution in [2.75, 3.05) is 83.0 Å². The summed E-state index contributed by atoms with van der Waals surface area (Å²) in [7, 11) is 1.61. The highest BCUT2D eigenvalue weighted by Crippen LogP contribution is 2.38. The number of urea groups is 1. The molecule has 11 nitrogen and oxygen atoms in total. The normalized spacial score (nSPS) is 15.9. The van der Waals surface area contributed by atoms with Gasteiger partial charge in [-0.05, 0) is 50.6 Å². The molecule has 0 saturated carbocycles. The quantitative estimate of drug-likeness (QED) is 0.258. The Morgan fingerprint density at radius 1 is 1.05 bits per heavy atom. The Hall–Kier alpha value is -4.09. The van der Waals surface area contributed by atoms with E-state index in [2.05, 4.69) is 20.1 Å². The van der Waals surface area contributed by atoms with Crippen LogP contribution in [0.25, 0.3) is 10.9 Å². The van der Waals surface area contributed by atoms with Crippen LogP contribution >= 0.6 is 0 Å². The summed E-state index contributed by atoms with van der Waals surface area (Å²) < 4.78 is 22.9. The number of nitrogens with one attached hydrogen (secondary N) is 1. The number of benzene rings is 2. The van der Waals surface area contributed by atoms with Crippen molar-refractivity contribution in [1.82, 2.24) is 14.8 Å². The van der Waals surface area contributed by atoms with Crippen LogP contribution in [0.2, 0.25) is 0 Å². The van der Waals surface area contributed by atoms with Gasteiger partial charge in [0.05, 0.1) is 49.8 Å². The molecule has 2 aliphatic rings. The van der Waals surface area contributed by atoms with Crippen molar-refractivity contribution in [1.29, 1.82) is 0 Å². The first kappa shape index (κ1) is 30.4. The second kappa shape index (κ2) is 14.4. The summed E-state index contributed by atoms with van der Waals surface area (Å²) in [5.41, 5.74) is 2.71. The summed E-state index contributed by atoms with van der Waals surface area (Å²) in [4.78, 5) is 35.9. The fourth-order valence-corrected chi connectivity index (χ4v) is 5.43. The third-order valence-electron chi connectivity index (χ3n) is 7.62. The highest BCUT2D eigenvalue weighted by Gasteiger charge is 2.25. The molecule has 0 unspecified atom stereocenters. The van der Waals surface area contributed by atoms with Gasteiger partial charge in [-0.15, -0.1) is 0 Å². The van der Waals surface area contributed by atoms with Crippen LogP contribution in [-0.2, 0) is 4.74 Å². The summed E-state index contributed by atoms with van der Waals surface area (Å²) >= 11 is 0. The molecule has 0 spiro atoms. The van der Waals surface area contributed by atoms with E-state index in [0.29, 0.717) is 55.5 Å². The third kappa shape index (κ3) is 7.66. The number of nitrogens with zero attached hydrogens (tertiary/aromatic N) is 4. The van der Waals surface area contributed by atoms with Crippen molar-refractivity contribution in [2.45, 2.75) is 26.4 Å². The van der Waals surface area contributed by atoms with Gasteiger partial charge < -0.3 is 34.1 Å². The molecule has 0 aliphatic carbocycles. The number of hydrogen-bond acceptors (Lipinski definition) is 9. The molecule has 0 atom stereocenters. The minimum absolute atomic E-state index is 0.0844. The minimum Gasteiger partial charge on any atom is -0.493 e. The molecule has 3 heterocycles. The molecule has 0 radical (unpaired) electrons. The number of anilines is 2. The lowest BCUT2D eigenvalue weighted by Gasteiger charge is -2.37. The summed E-state index contributed by atoms with van der Waals surface area (Å²) in [6.45, 7) is 11.1. The van der Waals surface area contributed by atoms with E-state index in [1.54, 1.807) is 18.2 Å². The Morgan fingerprint density at radius 2 is 1.79 bits per heavy atom. The third-order valence-corrected chi connectivity index (χ3v) is 7.62. The lowest BCUT2D eigenvalue weighted by Crippen LogP contribution is -2.50. The van der Waals surface area contributed by atoms with Crippen molar-refractivity contribution < 1.29 is 28.5 Å². The average Bonchev–Trinajstić information content (AvgIpc) is 3.03. The molecule has 2 amide bonds. The molecule has 0 bridgehead atoms. The number of aromatic nitrogens is 1. The molecular weight excluding hydrogens is 550 g/mol. The Labute approximate surface area is 252 Å². The van der Waals surface area contributed by atoms with Crippen LogP contribution < -0.4 is 24.4 Å². The number of piperazine rings is 1. The van der Waals surface area contributed by atoms with E-state index in [0.717, 1.165) is 67.9 Å². The Bertz CT molecular complexity index is 1390. The lowest BCUT2D eigenvalue weighted by molar-refractivity contribution is 0.0357. The molecule has 1 N–H and O–H groups in total. The Balaban J connectivity index is 1.24. The first-order valence-electron chi connectivity index (χ1n) is 14.9. The zero-order valence-electron chi connectivity index (χ0n) is 25.2. The Kier molecular flexibility index (Phi) is 10.2. The topological polar surface area (TPSA) is 106 Å². The number of fused-ring (bicyclic) bond motifs is 1. The van der Waals surface area contributed by atoms with Crippen LogP contribution in [0.5, 0.6) is 17.2 Å². The van der Waals surface area contributed by atoms with Crippen LogP contribution in [0.3, 0.4) is 0 Å². The first-order valence-corrected chi connectivity index (χ1v) is 14.9. The molecule has 5 rings (SSSR count). The maximum atomic E-state index is 13.0. The van der Waals surface area contributed by atoms with Crippen LogP contribution in [0, 0.1) is 0 Å². The van der Waals surface area contributed by atoms with E-state index in [1.165, 1.54) is 0 Å². The van der Waals surface area contributed by atoms with Crippen LogP contribution in [0.4, 0.5) is 16.2 Å². The molecule has 3 aromatic rings. The lowest BCUT2D eigenvalue weighted by atomic mass is 10.1. The monoisotopic (exact) mass is 591 g/mol. The van der Waals surface area contributed by atoms with Gasteiger partial charge in [0.15, 0.2) is 17.8 Å².